The lowest BCUT2D eigenvalue weighted by atomic mass is 9.85. The number of carbonyl (C=O) groups excluding carboxylic acids is 2. The summed E-state index contributed by atoms with van der Waals surface area (Å²) in [6.07, 6.45) is -1.97. The lowest BCUT2D eigenvalue weighted by molar-refractivity contribution is -0.274. The number of alkyl halides is 3. The Bertz CT molecular complexity index is 675. The normalized spacial score (nSPS) is 24.1. The van der Waals surface area contributed by atoms with Gasteiger partial charge in [-0.25, -0.2) is 0 Å². The van der Waals surface area contributed by atoms with E-state index in [1.54, 1.807) is 16.8 Å². The molecule has 2 heterocycles. The predicted molar refractivity (Wildman–Crippen MR) is 83.0 cm³/mol. The van der Waals surface area contributed by atoms with Gasteiger partial charge in [-0.05, 0) is 49.9 Å². The summed E-state index contributed by atoms with van der Waals surface area (Å²) in [5.74, 6) is -0.769. The molecule has 1 spiro atoms. The van der Waals surface area contributed by atoms with Gasteiger partial charge in [-0.3, -0.25) is 9.59 Å². The maximum Gasteiger partial charge on any atom is 0.573 e. The smallest absolute Gasteiger partial charge is 0.406 e. The molecule has 0 aliphatic carbocycles. The lowest BCUT2D eigenvalue weighted by Gasteiger charge is -2.43. The first-order valence-corrected chi connectivity index (χ1v) is 8.16. The van der Waals surface area contributed by atoms with E-state index in [0.29, 0.717) is 25.9 Å². The average Bonchev–Trinajstić information content (AvgIpc) is 2.96. The molecule has 1 atom stereocenters. The van der Waals surface area contributed by atoms with Crippen molar-refractivity contribution in [2.75, 3.05) is 20.1 Å². The molecule has 2 aliphatic rings. The fourth-order valence-electron chi connectivity index (χ4n) is 3.78. The van der Waals surface area contributed by atoms with Crippen LogP contribution in [0.4, 0.5) is 13.2 Å². The average molecular weight is 356 g/mol. The number of amides is 2. The van der Waals surface area contributed by atoms with E-state index in [0.717, 1.165) is 25.0 Å². The zero-order valence-electron chi connectivity index (χ0n) is 13.8. The van der Waals surface area contributed by atoms with E-state index < -0.39 is 11.9 Å². The molecular formula is C17H19F3N2O3. The van der Waals surface area contributed by atoms with Crippen molar-refractivity contribution in [2.45, 2.75) is 37.6 Å². The Morgan fingerprint density at radius 3 is 2.32 bits per heavy atom. The number of benzene rings is 1. The number of hydrogen-bond donors (Lipinski definition) is 0. The van der Waals surface area contributed by atoms with Gasteiger partial charge in [0.2, 0.25) is 5.91 Å². The zero-order valence-corrected chi connectivity index (χ0v) is 13.8. The number of ether oxygens (including phenoxy) is 1. The fraction of sp³-hybridized carbons (Fsp3) is 0.529. The Morgan fingerprint density at radius 2 is 1.72 bits per heavy atom. The van der Waals surface area contributed by atoms with Crippen molar-refractivity contribution in [1.82, 2.24) is 9.80 Å². The van der Waals surface area contributed by atoms with Crippen molar-refractivity contribution in [3.8, 4) is 5.75 Å². The minimum atomic E-state index is -4.77. The number of likely N-dealkylation sites (N-methyl/N-ethyl adjacent to an activating group) is 1. The van der Waals surface area contributed by atoms with Gasteiger partial charge in [-0.1, -0.05) is 0 Å². The van der Waals surface area contributed by atoms with E-state index in [-0.39, 0.29) is 23.1 Å². The third kappa shape index (κ3) is 3.29. The molecule has 0 bridgehead atoms. The highest BCUT2D eigenvalue weighted by molar-refractivity contribution is 6.00. The molecule has 3 rings (SSSR count). The largest absolute Gasteiger partial charge is 0.573 e. The maximum atomic E-state index is 12.9. The SMILES string of the molecule is CN1CCCC2(CCCN2C(=O)c2ccc(OC(F)(F)F)cc2)C1=O. The molecular weight excluding hydrogens is 337 g/mol. The Hall–Kier alpha value is -2.25. The summed E-state index contributed by atoms with van der Waals surface area (Å²) in [5.41, 5.74) is -0.567. The lowest BCUT2D eigenvalue weighted by Crippen LogP contribution is -2.60. The Morgan fingerprint density at radius 1 is 1.12 bits per heavy atom. The number of rotatable bonds is 2. The molecule has 0 aromatic heterocycles. The fourth-order valence-corrected chi connectivity index (χ4v) is 3.78. The van der Waals surface area contributed by atoms with Crippen LogP contribution >= 0.6 is 0 Å². The highest BCUT2D eigenvalue weighted by atomic mass is 19.4. The van der Waals surface area contributed by atoms with E-state index in [2.05, 4.69) is 4.74 Å². The molecule has 2 amide bonds. The summed E-state index contributed by atoms with van der Waals surface area (Å²) in [7, 11) is 1.73. The van der Waals surface area contributed by atoms with E-state index in [4.69, 9.17) is 0 Å². The van der Waals surface area contributed by atoms with Crippen LogP contribution in [0.15, 0.2) is 24.3 Å². The summed E-state index contributed by atoms with van der Waals surface area (Å²) in [6, 6.07) is 4.81. The first-order valence-electron chi connectivity index (χ1n) is 8.16. The standard InChI is InChI=1S/C17H19F3N2O3/c1-21-10-2-8-16(15(21)24)9-3-11-22(16)14(23)12-4-6-13(7-5-12)25-17(18,19)20/h4-7H,2-3,8-11H2,1H3. The van der Waals surface area contributed by atoms with E-state index >= 15 is 0 Å². The highest BCUT2D eigenvalue weighted by Crippen LogP contribution is 2.39. The summed E-state index contributed by atoms with van der Waals surface area (Å²) in [5, 5.41) is 0. The van der Waals surface area contributed by atoms with Crippen LogP contribution in [0.1, 0.15) is 36.0 Å². The van der Waals surface area contributed by atoms with Crippen LogP contribution in [-0.4, -0.2) is 53.7 Å². The van der Waals surface area contributed by atoms with E-state index in [1.807, 2.05) is 0 Å². The third-order valence-electron chi connectivity index (χ3n) is 4.90. The predicted octanol–water partition coefficient (Wildman–Crippen LogP) is 2.81. The first kappa shape index (κ1) is 17.6. The second-order valence-corrected chi connectivity index (χ2v) is 6.49. The first-order chi connectivity index (χ1) is 11.7. The molecule has 1 aromatic rings. The summed E-state index contributed by atoms with van der Waals surface area (Å²) in [6.45, 7) is 1.14. The van der Waals surface area contributed by atoms with E-state index in [9.17, 15) is 22.8 Å². The second-order valence-electron chi connectivity index (χ2n) is 6.49. The molecule has 8 heteroatoms. The van der Waals surface area contributed by atoms with Crippen molar-refractivity contribution >= 4 is 11.8 Å². The molecule has 25 heavy (non-hydrogen) atoms. The van der Waals surface area contributed by atoms with Crippen LogP contribution < -0.4 is 4.74 Å². The molecule has 2 saturated heterocycles. The van der Waals surface area contributed by atoms with Crippen LogP contribution in [0, 0.1) is 0 Å². The van der Waals surface area contributed by atoms with Crippen LogP contribution in [0.5, 0.6) is 5.75 Å². The van der Waals surface area contributed by atoms with Gasteiger partial charge in [0, 0.05) is 25.7 Å². The van der Waals surface area contributed by atoms with Crippen LogP contribution in [0.3, 0.4) is 0 Å². The van der Waals surface area contributed by atoms with Crippen molar-refractivity contribution in [3.05, 3.63) is 29.8 Å². The molecule has 0 N–H and O–H groups in total. The van der Waals surface area contributed by atoms with Crippen molar-refractivity contribution < 1.29 is 27.5 Å². The topological polar surface area (TPSA) is 49.9 Å². The summed E-state index contributed by atoms with van der Waals surface area (Å²) >= 11 is 0. The number of nitrogens with zero attached hydrogens (tertiary/aromatic N) is 2. The van der Waals surface area contributed by atoms with Gasteiger partial charge >= 0.3 is 6.36 Å². The van der Waals surface area contributed by atoms with Gasteiger partial charge in [0.1, 0.15) is 11.3 Å². The van der Waals surface area contributed by atoms with Crippen molar-refractivity contribution in [2.24, 2.45) is 0 Å². The molecule has 0 radical (unpaired) electrons. The van der Waals surface area contributed by atoms with Gasteiger partial charge in [0.25, 0.3) is 5.91 Å². The van der Waals surface area contributed by atoms with Crippen LogP contribution in [0.25, 0.3) is 0 Å². The number of carbonyl (C=O) groups is 2. The minimum Gasteiger partial charge on any atom is -0.406 e. The van der Waals surface area contributed by atoms with Gasteiger partial charge in [-0.2, -0.15) is 0 Å². The van der Waals surface area contributed by atoms with Gasteiger partial charge in [0.15, 0.2) is 0 Å². The summed E-state index contributed by atoms with van der Waals surface area (Å²) in [4.78, 5) is 28.8. The van der Waals surface area contributed by atoms with Crippen LogP contribution in [0.2, 0.25) is 0 Å². The number of likely N-dealkylation sites (tertiary alicyclic amines) is 2. The Balaban J connectivity index is 1.81. The Labute approximate surface area is 143 Å². The maximum absolute atomic E-state index is 12.9. The summed E-state index contributed by atoms with van der Waals surface area (Å²) < 4.78 is 40.5. The zero-order chi connectivity index (χ0) is 18.2. The van der Waals surface area contributed by atoms with Gasteiger partial charge < -0.3 is 14.5 Å². The van der Waals surface area contributed by atoms with E-state index in [1.165, 1.54) is 12.1 Å². The molecule has 5 nitrogen and oxygen atoms in total. The molecule has 1 unspecified atom stereocenters. The Kier molecular flexibility index (Phi) is 4.38. The highest BCUT2D eigenvalue weighted by Gasteiger charge is 2.52. The number of halogens is 3. The minimum absolute atomic E-state index is 0.0541. The van der Waals surface area contributed by atoms with Crippen LogP contribution in [-0.2, 0) is 4.79 Å². The molecule has 1 aromatic carbocycles. The van der Waals surface area contributed by atoms with Crippen molar-refractivity contribution in [1.29, 1.82) is 0 Å². The number of hydrogen-bond acceptors (Lipinski definition) is 3. The quantitative estimate of drug-likeness (QED) is 0.819. The third-order valence-corrected chi connectivity index (χ3v) is 4.90. The molecule has 2 aliphatic heterocycles. The van der Waals surface area contributed by atoms with Gasteiger partial charge in [-0.15, -0.1) is 13.2 Å². The van der Waals surface area contributed by atoms with Crippen molar-refractivity contribution in [3.63, 3.8) is 0 Å². The molecule has 2 fully saturated rings. The monoisotopic (exact) mass is 356 g/mol. The van der Waals surface area contributed by atoms with Gasteiger partial charge in [0.05, 0.1) is 0 Å². The molecule has 0 saturated carbocycles. The number of piperidine rings is 1. The molecule has 136 valence electrons. The second kappa shape index (κ2) is 6.24.